The lowest BCUT2D eigenvalue weighted by molar-refractivity contribution is -0.132. The number of alkyl halides is 3. The Labute approximate surface area is 161 Å². The molecular formula is C16H21F3IN5. The van der Waals surface area contributed by atoms with E-state index in [0.29, 0.717) is 18.9 Å². The van der Waals surface area contributed by atoms with Gasteiger partial charge in [-0.3, -0.25) is 4.99 Å². The Balaban J connectivity index is 0.00000312. The van der Waals surface area contributed by atoms with Gasteiger partial charge in [-0.2, -0.15) is 18.3 Å². The second kappa shape index (κ2) is 10.3. The predicted molar refractivity (Wildman–Crippen MR) is 103 cm³/mol. The SMILES string of the molecule is CN=C(NCCc1cnn(-c2ccccc2)c1)NCCC(F)(F)F.I. The number of aromatic nitrogens is 2. The molecule has 0 atom stereocenters. The fourth-order valence-electron chi connectivity index (χ4n) is 2.08. The summed E-state index contributed by atoms with van der Waals surface area (Å²) in [7, 11) is 1.52. The molecule has 2 aromatic rings. The van der Waals surface area contributed by atoms with E-state index in [0.717, 1.165) is 11.3 Å². The van der Waals surface area contributed by atoms with Crippen LogP contribution < -0.4 is 10.6 Å². The van der Waals surface area contributed by atoms with Gasteiger partial charge in [-0.05, 0) is 24.1 Å². The second-order valence-corrected chi connectivity index (χ2v) is 5.17. The second-order valence-electron chi connectivity index (χ2n) is 5.17. The van der Waals surface area contributed by atoms with Gasteiger partial charge in [0.25, 0.3) is 0 Å². The summed E-state index contributed by atoms with van der Waals surface area (Å²) in [6.45, 7) is 0.348. The van der Waals surface area contributed by atoms with Crippen LogP contribution in [0, 0.1) is 0 Å². The third-order valence-electron chi connectivity index (χ3n) is 3.29. The molecule has 2 N–H and O–H groups in total. The molecule has 1 aromatic carbocycles. The molecule has 1 aromatic heterocycles. The number of aliphatic imine (C=N–C) groups is 1. The van der Waals surface area contributed by atoms with E-state index < -0.39 is 12.6 Å². The zero-order chi connectivity index (χ0) is 17.4. The van der Waals surface area contributed by atoms with E-state index in [1.54, 1.807) is 10.9 Å². The number of benzene rings is 1. The third-order valence-corrected chi connectivity index (χ3v) is 3.29. The van der Waals surface area contributed by atoms with Crippen LogP contribution in [0.15, 0.2) is 47.7 Å². The van der Waals surface area contributed by atoms with Crippen LogP contribution in [0.2, 0.25) is 0 Å². The molecule has 0 aliphatic rings. The van der Waals surface area contributed by atoms with Crippen LogP contribution in [0.1, 0.15) is 12.0 Å². The van der Waals surface area contributed by atoms with Gasteiger partial charge in [0, 0.05) is 26.3 Å². The summed E-state index contributed by atoms with van der Waals surface area (Å²) in [6.07, 6.45) is -0.673. The van der Waals surface area contributed by atoms with Gasteiger partial charge in [0.1, 0.15) is 0 Å². The highest BCUT2D eigenvalue weighted by molar-refractivity contribution is 14.0. The van der Waals surface area contributed by atoms with Crippen molar-refractivity contribution in [1.82, 2.24) is 20.4 Å². The monoisotopic (exact) mass is 467 g/mol. The maximum absolute atomic E-state index is 12.1. The van der Waals surface area contributed by atoms with E-state index in [1.807, 2.05) is 36.5 Å². The molecule has 0 radical (unpaired) electrons. The molecule has 9 heteroatoms. The smallest absolute Gasteiger partial charge is 0.356 e. The van der Waals surface area contributed by atoms with Crippen molar-refractivity contribution in [2.45, 2.75) is 19.0 Å². The molecule has 1 heterocycles. The van der Waals surface area contributed by atoms with Crippen LogP contribution in [0.25, 0.3) is 5.69 Å². The molecule has 0 fully saturated rings. The van der Waals surface area contributed by atoms with Crippen LogP contribution in [0.3, 0.4) is 0 Å². The maximum Gasteiger partial charge on any atom is 0.390 e. The van der Waals surface area contributed by atoms with E-state index in [2.05, 4.69) is 20.7 Å². The topological polar surface area (TPSA) is 54.2 Å². The molecule has 5 nitrogen and oxygen atoms in total. The Kier molecular flexibility index (Phi) is 8.73. The lowest BCUT2D eigenvalue weighted by atomic mass is 10.2. The van der Waals surface area contributed by atoms with E-state index in [4.69, 9.17) is 0 Å². The number of hydrogen-bond donors (Lipinski definition) is 2. The lowest BCUT2D eigenvalue weighted by Crippen LogP contribution is -2.39. The first-order valence-electron chi connectivity index (χ1n) is 7.58. The van der Waals surface area contributed by atoms with E-state index in [-0.39, 0.29) is 30.5 Å². The molecule has 0 aliphatic heterocycles. The van der Waals surface area contributed by atoms with Gasteiger partial charge in [-0.25, -0.2) is 4.68 Å². The van der Waals surface area contributed by atoms with Crippen LogP contribution in [-0.4, -0.2) is 42.1 Å². The number of halogens is 4. The quantitative estimate of drug-likeness (QED) is 0.390. The fourth-order valence-corrected chi connectivity index (χ4v) is 2.08. The predicted octanol–water partition coefficient (Wildman–Crippen LogP) is 3.15. The summed E-state index contributed by atoms with van der Waals surface area (Å²) < 4.78 is 38.1. The van der Waals surface area contributed by atoms with Crippen molar-refractivity contribution < 1.29 is 13.2 Å². The summed E-state index contributed by atoms with van der Waals surface area (Å²) in [4.78, 5) is 3.90. The molecule has 25 heavy (non-hydrogen) atoms. The van der Waals surface area contributed by atoms with Crippen molar-refractivity contribution in [1.29, 1.82) is 0 Å². The molecule has 0 unspecified atom stereocenters. The molecule has 138 valence electrons. The van der Waals surface area contributed by atoms with Crippen LogP contribution >= 0.6 is 24.0 Å². The van der Waals surface area contributed by atoms with Gasteiger partial charge in [0.05, 0.1) is 18.3 Å². The number of para-hydroxylation sites is 1. The minimum Gasteiger partial charge on any atom is -0.356 e. The van der Waals surface area contributed by atoms with Crippen molar-refractivity contribution >= 4 is 29.9 Å². The first kappa shape index (κ1) is 21.3. The van der Waals surface area contributed by atoms with Gasteiger partial charge in [-0.15, -0.1) is 24.0 Å². The Morgan fingerprint density at radius 3 is 2.48 bits per heavy atom. The third kappa shape index (κ3) is 7.76. The summed E-state index contributed by atoms with van der Waals surface area (Å²) in [6, 6.07) is 9.74. The average molecular weight is 467 g/mol. The van der Waals surface area contributed by atoms with Crippen molar-refractivity contribution in [3.63, 3.8) is 0 Å². The highest BCUT2D eigenvalue weighted by Crippen LogP contribution is 2.18. The van der Waals surface area contributed by atoms with Gasteiger partial charge >= 0.3 is 6.18 Å². The molecule has 0 saturated heterocycles. The molecule has 0 bridgehead atoms. The standard InChI is InChI=1S/C16H20F3N5.HI/c1-20-15(22-10-8-16(17,18)19)21-9-7-13-11-23-24(12-13)14-5-3-2-4-6-14;/h2-6,11-12H,7-10H2,1H3,(H2,20,21,22);1H. The van der Waals surface area contributed by atoms with E-state index >= 15 is 0 Å². The number of nitrogens with zero attached hydrogens (tertiary/aromatic N) is 3. The molecule has 0 saturated carbocycles. The van der Waals surface area contributed by atoms with Crippen LogP contribution in [-0.2, 0) is 6.42 Å². The Bertz CT molecular complexity index is 655. The van der Waals surface area contributed by atoms with E-state index in [1.165, 1.54) is 7.05 Å². The summed E-state index contributed by atoms with van der Waals surface area (Å²) in [5.41, 5.74) is 2.00. The average Bonchev–Trinajstić information content (AvgIpc) is 3.02. The summed E-state index contributed by atoms with van der Waals surface area (Å²) in [5, 5.41) is 9.93. The van der Waals surface area contributed by atoms with Crippen molar-refractivity contribution in [2.75, 3.05) is 20.1 Å². The number of nitrogens with one attached hydrogen (secondary N) is 2. The molecule has 0 spiro atoms. The minimum absolute atomic E-state index is 0. The minimum atomic E-state index is -4.17. The highest BCUT2D eigenvalue weighted by atomic mass is 127. The maximum atomic E-state index is 12.1. The first-order chi connectivity index (χ1) is 11.5. The van der Waals surface area contributed by atoms with Gasteiger partial charge in [-0.1, -0.05) is 18.2 Å². The van der Waals surface area contributed by atoms with Crippen molar-refractivity contribution in [3.8, 4) is 5.69 Å². The van der Waals surface area contributed by atoms with E-state index in [9.17, 15) is 13.2 Å². The van der Waals surface area contributed by atoms with Crippen LogP contribution in [0.4, 0.5) is 13.2 Å². The summed E-state index contributed by atoms with van der Waals surface area (Å²) >= 11 is 0. The van der Waals surface area contributed by atoms with Gasteiger partial charge < -0.3 is 10.6 Å². The Hall–Kier alpha value is -1.78. The molecule has 2 rings (SSSR count). The van der Waals surface area contributed by atoms with Gasteiger partial charge in [0.2, 0.25) is 0 Å². The zero-order valence-corrected chi connectivity index (χ0v) is 16.1. The number of hydrogen-bond acceptors (Lipinski definition) is 2. The largest absolute Gasteiger partial charge is 0.390 e. The zero-order valence-electron chi connectivity index (χ0n) is 13.8. The normalized spacial score (nSPS) is 11.8. The number of rotatable bonds is 6. The fraction of sp³-hybridized carbons (Fsp3) is 0.375. The lowest BCUT2D eigenvalue weighted by Gasteiger charge is -2.12. The van der Waals surface area contributed by atoms with Gasteiger partial charge in [0.15, 0.2) is 5.96 Å². The Morgan fingerprint density at radius 1 is 1.16 bits per heavy atom. The Morgan fingerprint density at radius 2 is 1.84 bits per heavy atom. The van der Waals surface area contributed by atoms with Crippen molar-refractivity contribution in [2.24, 2.45) is 4.99 Å². The first-order valence-corrected chi connectivity index (χ1v) is 7.58. The molecular weight excluding hydrogens is 446 g/mol. The van der Waals surface area contributed by atoms with Crippen molar-refractivity contribution in [3.05, 3.63) is 48.3 Å². The molecule has 0 aliphatic carbocycles. The number of guanidine groups is 1. The highest BCUT2D eigenvalue weighted by Gasteiger charge is 2.26. The van der Waals surface area contributed by atoms with Crippen LogP contribution in [0.5, 0.6) is 0 Å². The molecule has 0 amide bonds. The summed E-state index contributed by atoms with van der Waals surface area (Å²) in [5.74, 6) is 0.356.